The minimum atomic E-state index is -3.48. The summed E-state index contributed by atoms with van der Waals surface area (Å²) in [5.41, 5.74) is 0.969. The van der Waals surface area contributed by atoms with Gasteiger partial charge in [-0.25, -0.2) is 8.42 Å². The zero-order valence-electron chi connectivity index (χ0n) is 13.4. The van der Waals surface area contributed by atoms with Gasteiger partial charge in [0.1, 0.15) is 11.6 Å². The van der Waals surface area contributed by atoms with Crippen LogP contribution in [-0.2, 0) is 23.0 Å². The summed E-state index contributed by atoms with van der Waals surface area (Å²) >= 11 is 0. The van der Waals surface area contributed by atoms with Gasteiger partial charge in [0.15, 0.2) is 5.82 Å². The fourth-order valence-corrected chi connectivity index (χ4v) is 3.21. The van der Waals surface area contributed by atoms with E-state index in [1.807, 2.05) is 36.4 Å². The highest BCUT2D eigenvalue weighted by Gasteiger charge is 2.12. The molecule has 0 bridgehead atoms. The summed E-state index contributed by atoms with van der Waals surface area (Å²) in [4.78, 5) is 0. The number of furan rings is 1. The predicted octanol–water partition coefficient (Wildman–Crippen LogP) is 2.67. The number of hydrogen-bond donors (Lipinski definition) is 2. The van der Waals surface area contributed by atoms with E-state index in [2.05, 4.69) is 20.2 Å². The molecule has 8 heteroatoms. The van der Waals surface area contributed by atoms with Crippen molar-refractivity contribution in [1.82, 2.24) is 10.2 Å². The first kappa shape index (κ1) is 17.0. The van der Waals surface area contributed by atoms with Crippen LogP contribution in [0.15, 0.2) is 65.3 Å². The number of aromatic nitrogens is 2. The molecule has 0 unspecified atom stereocenters. The summed E-state index contributed by atoms with van der Waals surface area (Å²) < 4.78 is 31.9. The monoisotopic (exact) mass is 358 g/mol. The summed E-state index contributed by atoms with van der Waals surface area (Å²) in [5, 5.41) is 10.9. The molecule has 2 heterocycles. The molecule has 0 aliphatic rings. The van der Waals surface area contributed by atoms with Gasteiger partial charge in [-0.3, -0.25) is 4.72 Å². The van der Waals surface area contributed by atoms with Crippen molar-refractivity contribution in [3.05, 3.63) is 72.2 Å². The van der Waals surface area contributed by atoms with Gasteiger partial charge in [-0.2, -0.15) is 0 Å². The number of hydrogen-bond acceptors (Lipinski definition) is 6. The summed E-state index contributed by atoms with van der Waals surface area (Å²) in [5.74, 6) is 1.48. The maximum atomic E-state index is 12.1. The van der Waals surface area contributed by atoms with Crippen molar-refractivity contribution in [2.75, 3.05) is 15.8 Å². The number of nitrogens with zero attached hydrogens (tertiary/aromatic N) is 2. The van der Waals surface area contributed by atoms with Crippen molar-refractivity contribution < 1.29 is 12.8 Å². The van der Waals surface area contributed by atoms with E-state index in [0.29, 0.717) is 18.8 Å². The lowest BCUT2D eigenvalue weighted by molar-refractivity contribution is 0.517. The van der Waals surface area contributed by atoms with Crippen molar-refractivity contribution in [3.8, 4) is 0 Å². The standard InChI is InChI=1S/C17H18N4O3S/c22-25(23,12-10-14-5-2-1-3-6-14)21-17-9-8-16(19-20-17)18-13-15-7-4-11-24-15/h1-9,11H,10,12-13H2,(H,18,19)(H,20,21). The first-order valence-electron chi connectivity index (χ1n) is 7.75. The van der Waals surface area contributed by atoms with Crippen LogP contribution in [0.5, 0.6) is 0 Å². The largest absolute Gasteiger partial charge is 0.467 e. The third-order valence-electron chi connectivity index (χ3n) is 3.45. The molecule has 0 aliphatic carbocycles. The van der Waals surface area contributed by atoms with E-state index in [1.54, 1.807) is 24.5 Å². The van der Waals surface area contributed by atoms with Gasteiger partial charge in [-0.05, 0) is 36.2 Å². The molecule has 130 valence electrons. The molecule has 0 atom stereocenters. The second kappa shape index (κ2) is 7.80. The minimum Gasteiger partial charge on any atom is -0.467 e. The minimum absolute atomic E-state index is 0.0167. The molecule has 2 N–H and O–H groups in total. The van der Waals surface area contributed by atoms with Crippen LogP contribution in [0.4, 0.5) is 11.6 Å². The van der Waals surface area contributed by atoms with Crippen molar-refractivity contribution in [1.29, 1.82) is 0 Å². The number of benzene rings is 1. The lowest BCUT2D eigenvalue weighted by Gasteiger charge is -2.08. The molecule has 3 rings (SSSR count). The molecule has 0 radical (unpaired) electrons. The van der Waals surface area contributed by atoms with Gasteiger partial charge in [0.25, 0.3) is 0 Å². The van der Waals surface area contributed by atoms with E-state index in [1.165, 1.54) is 0 Å². The number of aryl methyl sites for hydroxylation is 1. The third kappa shape index (κ3) is 5.32. The molecule has 0 aliphatic heterocycles. The smallest absolute Gasteiger partial charge is 0.234 e. The second-order valence-electron chi connectivity index (χ2n) is 5.39. The Hall–Kier alpha value is -2.87. The Bertz CT molecular complexity index is 879. The zero-order valence-corrected chi connectivity index (χ0v) is 14.2. The molecule has 1 aromatic carbocycles. The third-order valence-corrected chi connectivity index (χ3v) is 4.71. The van der Waals surface area contributed by atoms with Crippen LogP contribution < -0.4 is 10.0 Å². The Labute approximate surface area is 146 Å². The van der Waals surface area contributed by atoms with E-state index in [0.717, 1.165) is 11.3 Å². The number of rotatable bonds is 8. The van der Waals surface area contributed by atoms with Gasteiger partial charge in [0.05, 0.1) is 18.6 Å². The van der Waals surface area contributed by atoms with Crippen LogP contribution in [0.25, 0.3) is 0 Å². The molecule has 0 fully saturated rings. The van der Waals surface area contributed by atoms with Gasteiger partial charge < -0.3 is 9.73 Å². The average molecular weight is 358 g/mol. The molecule has 0 amide bonds. The van der Waals surface area contributed by atoms with Crippen LogP contribution in [0.3, 0.4) is 0 Å². The lowest BCUT2D eigenvalue weighted by atomic mass is 10.2. The lowest BCUT2D eigenvalue weighted by Crippen LogP contribution is -2.19. The Balaban J connectivity index is 1.53. The van der Waals surface area contributed by atoms with Crippen LogP contribution in [0.1, 0.15) is 11.3 Å². The molecule has 3 aromatic rings. The van der Waals surface area contributed by atoms with Gasteiger partial charge in [0, 0.05) is 0 Å². The highest BCUT2D eigenvalue weighted by Crippen LogP contribution is 2.11. The van der Waals surface area contributed by atoms with E-state index in [4.69, 9.17) is 4.42 Å². The molecule has 0 spiro atoms. The average Bonchev–Trinajstić information content (AvgIpc) is 3.14. The molecule has 0 saturated heterocycles. The Morgan fingerprint density at radius 3 is 2.36 bits per heavy atom. The van der Waals surface area contributed by atoms with Crippen molar-refractivity contribution in [3.63, 3.8) is 0 Å². The second-order valence-corrected chi connectivity index (χ2v) is 7.24. The first-order valence-corrected chi connectivity index (χ1v) is 9.40. The van der Waals surface area contributed by atoms with Crippen LogP contribution >= 0.6 is 0 Å². The zero-order chi connectivity index (χ0) is 17.5. The highest BCUT2D eigenvalue weighted by atomic mass is 32.2. The van der Waals surface area contributed by atoms with Crippen molar-refractivity contribution in [2.45, 2.75) is 13.0 Å². The maximum Gasteiger partial charge on any atom is 0.234 e. The number of sulfonamides is 1. The van der Waals surface area contributed by atoms with Gasteiger partial charge in [0.2, 0.25) is 10.0 Å². The van der Waals surface area contributed by atoms with Crippen molar-refractivity contribution in [2.24, 2.45) is 0 Å². The Kier molecular flexibility index (Phi) is 5.30. The van der Waals surface area contributed by atoms with Gasteiger partial charge >= 0.3 is 0 Å². The van der Waals surface area contributed by atoms with Crippen LogP contribution in [-0.4, -0.2) is 24.4 Å². The quantitative estimate of drug-likeness (QED) is 0.642. The summed E-state index contributed by atoms with van der Waals surface area (Å²) in [6, 6.07) is 16.3. The molecule has 7 nitrogen and oxygen atoms in total. The van der Waals surface area contributed by atoms with E-state index in [9.17, 15) is 8.42 Å². The van der Waals surface area contributed by atoms with E-state index in [-0.39, 0.29) is 11.6 Å². The van der Waals surface area contributed by atoms with Crippen LogP contribution in [0, 0.1) is 0 Å². The fourth-order valence-electron chi connectivity index (χ4n) is 2.18. The van der Waals surface area contributed by atoms with Gasteiger partial charge in [-0.1, -0.05) is 30.3 Å². The predicted molar refractivity (Wildman–Crippen MR) is 95.6 cm³/mol. The first-order chi connectivity index (χ1) is 12.1. The highest BCUT2D eigenvalue weighted by molar-refractivity contribution is 7.92. The maximum absolute atomic E-state index is 12.1. The molecular weight excluding hydrogens is 340 g/mol. The Morgan fingerprint density at radius 1 is 0.920 bits per heavy atom. The molecule has 0 saturated carbocycles. The van der Waals surface area contributed by atoms with Crippen LogP contribution in [0.2, 0.25) is 0 Å². The number of anilines is 2. The van der Waals surface area contributed by atoms with E-state index >= 15 is 0 Å². The normalized spacial score (nSPS) is 11.2. The summed E-state index contributed by atoms with van der Waals surface area (Å²) in [7, 11) is -3.48. The SMILES string of the molecule is O=S(=O)(CCc1ccccc1)Nc1ccc(NCc2ccco2)nn1. The van der Waals surface area contributed by atoms with Crippen molar-refractivity contribution >= 4 is 21.7 Å². The summed E-state index contributed by atoms with van der Waals surface area (Å²) in [6.07, 6.45) is 2.03. The van der Waals surface area contributed by atoms with E-state index < -0.39 is 10.0 Å². The molecule has 2 aromatic heterocycles. The number of nitrogens with one attached hydrogen (secondary N) is 2. The molecule has 25 heavy (non-hydrogen) atoms. The topological polar surface area (TPSA) is 97.1 Å². The molecular formula is C17H18N4O3S. The fraction of sp³-hybridized carbons (Fsp3) is 0.176. The van der Waals surface area contributed by atoms with Gasteiger partial charge in [-0.15, -0.1) is 10.2 Å². The summed E-state index contributed by atoms with van der Waals surface area (Å²) in [6.45, 7) is 0.476. The Morgan fingerprint density at radius 2 is 1.68 bits per heavy atom.